The molecule has 0 unspecified atom stereocenters. The Hall–Kier alpha value is -4.01. The number of nitrogens with zero attached hydrogens (tertiary/aromatic N) is 4. The molecule has 1 saturated heterocycles. The van der Waals surface area contributed by atoms with Crippen molar-refractivity contribution >= 4 is 21.6 Å². The standard InChI is InChI=1S/C26H31N5O8S/c1-5-17(2)28-40(35,36)23-16-20(31(33)34)8-11-22(23)39-26-18(3)24(25(32)29-12-14-38-15-13-29)27-30(26)19-6-9-21(37-4)10-7-19/h6-11,16-17,28H,5,12-15H2,1-4H3/t17-/m1/s1. The molecule has 14 heteroatoms. The Morgan fingerprint density at radius 1 is 1.20 bits per heavy atom. The first kappa shape index (κ1) is 29.0. The van der Waals surface area contributed by atoms with Crippen LogP contribution in [0.15, 0.2) is 47.4 Å². The lowest BCUT2D eigenvalue weighted by Crippen LogP contribution is -2.41. The Morgan fingerprint density at radius 2 is 1.88 bits per heavy atom. The number of ether oxygens (including phenoxy) is 3. The van der Waals surface area contributed by atoms with Gasteiger partial charge in [-0.15, -0.1) is 0 Å². The summed E-state index contributed by atoms with van der Waals surface area (Å²) in [6, 6.07) is 9.72. The molecule has 2 heterocycles. The van der Waals surface area contributed by atoms with Crippen molar-refractivity contribution in [2.24, 2.45) is 0 Å². The zero-order chi connectivity index (χ0) is 29.0. The molecule has 3 aromatic rings. The van der Waals surface area contributed by atoms with Crippen molar-refractivity contribution in [2.75, 3.05) is 33.4 Å². The van der Waals surface area contributed by atoms with Crippen LogP contribution in [0.5, 0.6) is 17.4 Å². The molecular formula is C26H31N5O8S. The number of aromatic nitrogens is 2. The Balaban J connectivity index is 1.85. The van der Waals surface area contributed by atoms with Gasteiger partial charge < -0.3 is 19.1 Å². The quantitative estimate of drug-likeness (QED) is 0.284. The van der Waals surface area contributed by atoms with Gasteiger partial charge in [0.05, 0.1) is 30.9 Å². The van der Waals surface area contributed by atoms with Gasteiger partial charge >= 0.3 is 0 Å². The molecule has 1 N–H and O–H groups in total. The first-order valence-electron chi connectivity index (χ1n) is 12.7. The Morgan fingerprint density at radius 3 is 2.48 bits per heavy atom. The summed E-state index contributed by atoms with van der Waals surface area (Å²) in [5, 5.41) is 16.0. The van der Waals surface area contributed by atoms with Crippen LogP contribution in [0.2, 0.25) is 0 Å². The molecule has 1 amide bonds. The van der Waals surface area contributed by atoms with Gasteiger partial charge in [-0.1, -0.05) is 6.92 Å². The number of nitro benzene ring substituents is 1. The second-order valence-electron chi connectivity index (χ2n) is 9.21. The lowest BCUT2D eigenvalue weighted by Gasteiger charge is -2.26. The van der Waals surface area contributed by atoms with Gasteiger partial charge in [-0.25, -0.2) is 13.1 Å². The van der Waals surface area contributed by atoms with Crippen LogP contribution >= 0.6 is 0 Å². The number of nitro groups is 1. The van der Waals surface area contributed by atoms with Crippen molar-refractivity contribution < 1.29 is 32.3 Å². The van der Waals surface area contributed by atoms with Gasteiger partial charge in [-0.3, -0.25) is 14.9 Å². The number of non-ortho nitro benzene ring substituents is 1. The van der Waals surface area contributed by atoms with Crippen LogP contribution in [0, 0.1) is 17.0 Å². The molecule has 0 spiro atoms. The average Bonchev–Trinajstić information content (AvgIpc) is 3.28. The number of rotatable bonds is 10. The van der Waals surface area contributed by atoms with Crippen LogP contribution in [-0.4, -0.2) is 73.4 Å². The van der Waals surface area contributed by atoms with Gasteiger partial charge in [0.15, 0.2) is 5.69 Å². The van der Waals surface area contributed by atoms with Gasteiger partial charge in [0.1, 0.15) is 16.4 Å². The SMILES string of the molecule is CC[C@@H](C)NS(=O)(=O)c1cc([N+](=O)[O-])ccc1Oc1c(C)c(C(=O)N2CCOCC2)nn1-c1ccc(OC)cc1. The zero-order valence-corrected chi connectivity index (χ0v) is 23.4. The van der Waals surface area contributed by atoms with Crippen molar-refractivity contribution in [2.45, 2.75) is 38.1 Å². The lowest BCUT2D eigenvalue weighted by atomic mass is 10.2. The van der Waals surface area contributed by atoms with Gasteiger partial charge in [-0.05, 0) is 50.6 Å². The van der Waals surface area contributed by atoms with Crippen molar-refractivity contribution in [3.8, 4) is 23.1 Å². The molecule has 0 saturated carbocycles. The summed E-state index contributed by atoms with van der Waals surface area (Å²) < 4.78 is 47.3. The van der Waals surface area contributed by atoms with E-state index < -0.39 is 31.6 Å². The largest absolute Gasteiger partial charge is 0.497 e. The predicted octanol–water partition coefficient (Wildman–Crippen LogP) is 3.44. The molecule has 4 rings (SSSR count). The molecule has 1 aromatic heterocycles. The number of hydrogen-bond acceptors (Lipinski definition) is 9. The van der Waals surface area contributed by atoms with E-state index in [-0.39, 0.29) is 23.2 Å². The van der Waals surface area contributed by atoms with E-state index in [1.807, 2.05) is 6.92 Å². The van der Waals surface area contributed by atoms with Crippen LogP contribution in [0.4, 0.5) is 5.69 Å². The molecule has 1 aliphatic rings. The summed E-state index contributed by atoms with van der Waals surface area (Å²) in [7, 11) is -2.69. The van der Waals surface area contributed by atoms with Crippen LogP contribution in [-0.2, 0) is 14.8 Å². The number of carbonyl (C=O) groups excluding carboxylic acids is 1. The van der Waals surface area contributed by atoms with Gasteiger partial charge in [0.2, 0.25) is 15.9 Å². The zero-order valence-electron chi connectivity index (χ0n) is 22.6. The summed E-state index contributed by atoms with van der Waals surface area (Å²) in [5.74, 6) is 0.188. The summed E-state index contributed by atoms with van der Waals surface area (Å²) in [5.41, 5.74) is 0.588. The minimum atomic E-state index is -4.22. The minimum Gasteiger partial charge on any atom is -0.497 e. The maximum absolute atomic E-state index is 13.4. The normalized spacial score (nSPS) is 14.6. The molecule has 0 bridgehead atoms. The molecule has 0 radical (unpaired) electrons. The summed E-state index contributed by atoms with van der Waals surface area (Å²) in [6.07, 6.45) is 0.501. The topological polar surface area (TPSA) is 155 Å². The molecular weight excluding hydrogens is 542 g/mol. The highest BCUT2D eigenvalue weighted by molar-refractivity contribution is 7.89. The fraction of sp³-hybridized carbons (Fsp3) is 0.385. The third kappa shape index (κ3) is 6.08. The number of morpholine rings is 1. The first-order chi connectivity index (χ1) is 19.1. The van der Waals surface area contributed by atoms with Crippen molar-refractivity contribution in [3.05, 3.63) is 63.8 Å². The van der Waals surface area contributed by atoms with E-state index in [0.29, 0.717) is 49.7 Å². The molecule has 40 heavy (non-hydrogen) atoms. The third-order valence-electron chi connectivity index (χ3n) is 6.49. The van der Waals surface area contributed by atoms with Crippen molar-refractivity contribution in [1.29, 1.82) is 0 Å². The fourth-order valence-corrected chi connectivity index (χ4v) is 5.51. The fourth-order valence-electron chi connectivity index (χ4n) is 4.04. The predicted molar refractivity (Wildman–Crippen MR) is 145 cm³/mol. The number of benzene rings is 2. The van der Waals surface area contributed by atoms with Crippen molar-refractivity contribution in [3.63, 3.8) is 0 Å². The maximum Gasteiger partial charge on any atom is 0.274 e. The van der Waals surface area contributed by atoms with Crippen molar-refractivity contribution in [1.82, 2.24) is 19.4 Å². The lowest BCUT2D eigenvalue weighted by molar-refractivity contribution is -0.385. The summed E-state index contributed by atoms with van der Waals surface area (Å²) in [6.45, 7) is 6.74. The number of sulfonamides is 1. The smallest absolute Gasteiger partial charge is 0.274 e. The van der Waals surface area contributed by atoms with Gasteiger partial charge in [0.25, 0.3) is 11.6 Å². The molecule has 1 fully saturated rings. The van der Waals surface area contributed by atoms with Crippen LogP contribution in [0.3, 0.4) is 0 Å². The van der Waals surface area contributed by atoms with Crippen LogP contribution in [0.25, 0.3) is 5.69 Å². The highest BCUT2D eigenvalue weighted by Gasteiger charge is 2.30. The van der Waals surface area contributed by atoms with E-state index in [0.717, 1.165) is 12.1 Å². The van der Waals surface area contributed by atoms with Gasteiger partial charge in [0, 0.05) is 36.8 Å². The van der Waals surface area contributed by atoms with Gasteiger partial charge in [-0.2, -0.15) is 9.78 Å². The number of hydrogen-bond donors (Lipinski definition) is 1. The second-order valence-corrected chi connectivity index (χ2v) is 10.9. The average molecular weight is 574 g/mol. The Kier molecular flexibility index (Phi) is 8.71. The molecule has 2 aromatic carbocycles. The molecule has 1 aliphatic heterocycles. The van der Waals surface area contributed by atoms with E-state index in [1.54, 1.807) is 43.0 Å². The Bertz CT molecular complexity index is 1500. The summed E-state index contributed by atoms with van der Waals surface area (Å²) in [4.78, 5) is 25.4. The number of methoxy groups -OCH3 is 1. The first-order valence-corrected chi connectivity index (χ1v) is 14.1. The number of nitrogens with one attached hydrogen (secondary N) is 1. The molecule has 13 nitrogen and oxygen atoms in total. The van der Waals surface area contributed by atoms with E-state index in [4.69, 9.17) is 14.2 Å². The number of amides is 1. The molecule has 214 valence electrons. The summed E-state index contributed by atoms with van der Waals surface area (Å²) >= 11 is 0. The highest BCUT2D eigenvalue weighted by atomic mass is 32.2. The molecule has 1 atom stereocenters. The second kappa shape index (κ2) is 12.0. The third-order valence-corrected chi connectivity index (χ3v) is 8.10. The molecule has 0 aliphatic carbocycles. The highest BCUT2D eigenvalue weighted by Crippen LogP contribution is 2.36. The monoisotopic (exact) mass is 573 g/mol. The van der Waals surface area contributed by atoms with Crippen LogP contribution in [0.1, 0.15) is 36.3 Å². The minimum absolute atomic E-state index is 0.0793. The van der Waals surface area contributed by atoms with E-state index in [1.165, 1.54) is 17.9 Å². The van der Waals surface area contributed by atoms with E-state index in [9.17, 15) is 23.3 Å². The maximum atomic E-state index is 13.4. The Labute approximate surface area is 231 Å². The van der Waals surface area contributed by atoms with E-state index in [2.05, 4.69) is 9.82 Å². The van der Waals surface area contributed by atoms with Crippen LogP contribution < -0.4 is 14.2 Å². The number of carbonyl (C=O) groups is 1. The van der Waals surface area contributed by atoms with E-state index >= 15 is 0 Å².